The van der Waals surface area contributed by atoms with Gasteiger partial charge in [-0.15, -0.1) is 10.2 Å². The van der Waals surface area contributed by atoms with Crippen LogP contribution in [0.15, 0.2) is 30.5 Å². The van der Waals surface area contributed by atoms with E-state index in [9.17, 15) is 4.79 Å². The molecule has 3 heterocycles. The zero-order chi connectivity index (χ0) is 14.8. The Hall–Kier alpha value is -2.70. The van der Waals surface area contributed by atoms with Gasteiger partial charge in [0.05, 0.1) is 6.54 Å². The van der Waals surface area contributed by atoms with Crippen LogP contribution < -0.4 is 5.32 Å². The molecule has 2 N–H and O–H groups in total. The van der Waals surface area contributed by atoms with Gasteiger partial charge >= 0.3 is 0 Å². The number of aromatic amines is 1. The van der Waals surface area contributed by atoms with Gasteiger partial charge in [-0.2, -0.15) is 5.10 Å². The number of hydrogen-bond donors (Lipinski definition) is 2. The summed E-state index contributed by atoms with van der Waals surface area (Å²) in [5, 5.41) is 17.8. The predicted molar refractivity (Wildman–Crippen MR) is 76.8 cm³/mol. The normalized spacial score (nSPS) is 11.2. The van der Waals surface area contributed by atoms with E-state index >= 15 is 0 Å². The van der Waals surface area contributed by atoms with Gasteiger partial charge in [-0.05, 0) is 24.1 Å². The fraction of sp³-hybridized carbons (Fsp3) is 0.286. The van der Waals surface area contributed by atoms with Crippen LogP contribution in [0.2, 0.25) is 0 Å². The Labute approximate surface area is 121 Å². The third-order valence-corrected chi connectivity index (χ3v) is 3.24. The van der Waals surface area contributed by atoms with Gasteiger partial charge in [-0.1, -0.05) is 19.9 Å². The SMILES string of the molecule is CC(C)c1cc(C(=O)NCc2nnc3ccccn23)n[nH]1. The van der Waals surface area contributed by atoms with Crippen LogP contribution in [-0.2, 0) is 6.54 Å². The molecule has 0 fully saturated rings. The lowest BCUT2D eigenvalue weighted by Crippen LogP contribution is -2.24. The van der Waals surface area contributed by atoms with Crippen molar-refractivity contribution in [3.8, 4) is 0 Å². The minimum atomic E-state index is -0.231. The number of H-pyrrole nitrogens is 1. The molecule has 0 aliphatic heterocycles. The first kappa shape index (κ1) is 13.3. The van der Waals surface area contributed by atoms with Gasteiger partial charge in [0.25, 0.3) is 5.91 Å². The lowest BCUT2D eigenvalue weighted by atomic mass is 10.1. The molecule has 1 amide bonds. The zero-order valence-electron chi connectivity index (χ0n) is 11.9. The molecule has 0 bridgehead atoms. The van der Waals surface area contributed by atoms with Crippen molar-refractivity contribution in [3.05, 3.63) is 47.7 Å². The van der Waals surface area contributed by atoms with Crippen molar-refractivity contribution in [3.63, 3.8) is 0 Å². The van der Waals surface area contributed by atoms with Gasteiger partial charge in [0, 0.05) is 11.9 Å². The van der Waals surface area contributed by atoms with Crippen LogP contribution >= 0.6 is 0 Å². The van der Waals surface area contributed by atoms with E-state index in [0.717, 1.165) is 11.3 Å². The Balaban J connectivity index is 1.70. The second kappa shape index (κ2) is 5.35. The predicted octanol–water partition coefficient (Wildman–Crippen LogP) is 1.51. The number of pyridine rings is 1. The van der Waals surface area contributed by atoms with E-state index in [0.29, 0.717) is 24.0 Å². The van der Waals surface area contributed by atoms with Gasteiger partial charge < -0.3 is 5.32 Å². The number of carbonyl (C=O) groups excluding carboxylic acids is 1. The van der Waals surface area contributed by atoms with Crippen LogP contribution in [-0.4, -0.2) is 30.7 Å². The molecule has 7 heteroatoms. The number of fused-ring (bicyclic) bond motifs is 1. The van der Waals surface area contributed by atoms with Crippen LogP contribution in [0.4, 0.5) is 0 Å². The largest absolute Gasteiger partial charge is 0.343 e. The van der Waals surface area contributed by atoms with Crippen molar-refractivity contribution in [1.29, 1.82) is 0 Å². The Morgan fingerprint density at radius 1 is 1.38 bits per heavy atom. The summed E-state index contributed by atoms with van der Waals surface area (Å²) in [7, 11) is 0. The van der Waals surface area contributed by atoms with E-state index in [-0.39, 0.29) is 5.91 Å². The Morgan fingerprint density at radius 3 is 3.00 bits per heavy atom. The first-order chi connectivity index (χ1) is 10.1. The van der Waals surface area contributed by atoms with Gasteiger partial charge in [-0.25, -0.2) is 0 Å². The molecule has 0 saturated carbocycles. The lowest BCUT2D eigenvalue weighted by molar-refractivity contribution is 0.0944. The average molecular weight is 284 g/mol. The number of carbonyl (C=O) groups is 1. The maximum Gasteiger partial charge on any atom is 0.272 e. The Bertz CT molecular complexity index is 772. The van der Waals surface area contributed by atoms with E-state index in [4.69, 9.17) is 0 Å². The standard InChI is InChI=1S/C14H16N6O/c1-9(2)10-7-11(17-16-10)14(21)15-8-13-19-18-12-5-3-4-6-20(12)13/h3-7,9H,8H2,1-2H3,(H,15,21)(H,16,17). The summed E-state index contributed by atoms with van der Waals surface area (Å²) in [6.45, 7) is 4.38. The number of aromatic nitrogens is 5. The molecule has 3 rings (SSSR count). The molecule has 21 heavy (non-hydrogen) atoms. The third-order valence-electron chi connectivity index (χ3n) is 3.24. The highest BCUT2D eigenvalue weighted by Gasteiger charge is 2.13. The maximum atomic E-state index is 12.1. The van der Waals surface area contributed by atoms with Crippen LogP contribution in [0.5, 0.6) is 0 Å². The molecule has 0 radical (unpaired) electrons. The van der Waals surface area contributed by atoms with Gasteiger partial charge in [-0.3, -0.25) is 14.3 Å². The molecular weight excluding hydrogens is 268 g/mol. The molecule has 0 spiro atoms. The van der Waals surface area contributed by atoms with Crippen molar-refractivity contribution >= 4 is 11.6 Å². The summed E-state index contributed by atoms with van der Waals surface area (Å²) in [4.78, 5) is 12.1. The minimum Gasteiger partial charge on any atom is -0.343 e. The van der Waals surface area contributed by atoms with E-state index in [1.807, 2.05) is 42.6 Å². The summed E-state index contributed by atoms with van der Waals surface area (Å²) in [5.74, 6) is 0.754. The monoisotopic (exact) mass is 284 g/mol. The number of hydrogen-bond acceptors (Lipinski definition) is 4. The molecule has 3 aromatic rings. The second-order valence-corrected chi connectivity index (χ2v) is 5.09. The highest BCUT2D eigenvalue weighted by Crippen LogP contribution is 2.11. The Kier molecular flexibility index (Phi) is 3.39. The number of rotatable bonds is 4. The molecule has 3 aromatic heterocycles. The fourth-order valence-electron chi connectivity index (χ4n) is 2.01. The number of nitrogens with zero attached hydrogens (tertiary/aromatic N) is 4. The average Bonchev–Trinajstić information content (AvgIpc) is 3.12. The lowest BCUT2D eigenvalue weighted by Gasteiger charge is -2.01. The molecule has 0 atom stereocenters. The van der Waals surface area contributed by atoms with Gasteiger partial charge in [0.2, 0.25) is 0 Å². The van der Waals surface area contributed by atoms with Gasteiger partial charge in [0.1, 0.15) is 5.69 Å². The first-order valence-corrected chi connectivity index (χ1v) is 6.77. The summed E-state index contributed by atoms with van der Waals surface area (Å²) >= 11 is 0. The Morgan fingerprint density at radius 2 is 2.24 bits per heavy atom. The van der Waals surface area contributed by atoms with Crippen molar-refractivity contribution in [1.82, 2.24) is 30.1 Å². The highest BCUT2D eigenvalue weighted by atomic mass is 16.1. The molecule has 7 nitrogen and oxygen atoms in total. The highest BCUT2D eigenvalue weighted by molar-refractivity contribution is 5.92. The summed E-state index contributed by atoms with van der Waals surface area (Å²) < 4.78 is 1.84. The van der Waals surface area contributed by atoms with Crippen molar-refractivity contribution in [2.75, 3.05) is 0 Å². The van der Waals surface area contributed by atoms with Crippen LogP contribution in [0.3, 0.4) is 0 Å². The molecule has 108 valence electrons. The second-order valence-electron chi connectivity index (χ2n) is 5.09. The summed E-state index contributed by atoms with van der Waals surface area (Å²) in [5.41, 5.74) is 2.07. The van der Waals surface area contributed by atoms with Crippen LogP contribution in [0.1, 0.15) is 41.8 Å². The van der Waals surface area contributed by atoms with Crippen molar-refractivity contribution < 1.29 is 4.79 Å². The minimum absolute atomic E-state index is 0.231. The molecule has 0 aliphatic rings. The van der Waals surface area contributed by atoms with Crippen molar-refractivity contribution in [2.24, 2.45) is 0 Å². The third kappa shape index (κ3) is 2.62. The van der Waals surface area contributed by atoms with Crippen LogP contribution in [0, 0.1) is 0 Å². The van der Waals surface area contributed by atoms with Crippen molar-refractivity contribution in [2.45, 2.75) is 26.3 Å². The summed E-state index contributed by atoms with van der Waals surface area (Å²) in [6.07, 6.45) is 1.86. The smallest absolute Gasteiger partial charge is 0.272 e. The topological polar surface area (TPSA) is 88.0 Å². The molecular formula is C14H16N6O. The van der Waals surface area contributed by atoms with E-state index in [1.54, 1.807) is 6.07 Å². The zero-order valence-corrected chi connectivity index (χ0v) is 11.9. The molecule has 0 saturated heterocycles. The molecule has 0 aliphatic carbocycles. The first-order valence-electron chi connectivity index (χ1n) is 6.77. The quantitative estimate of drug-likeness (QED) is 0.760. The van der Waals surface area contributed by atoms with Gasteiger partial charge in [0.15, 0.2) is 11.5 Å². The molecule has 0 unspecified atom stereocenters. The van der Waals surface area contributed by atoms with E-state index in [1.165, 1.54) is 0 Å². The fourth-order valence-corrected chi connectivity index (χ4v) is 2.01. The van der Waals surface area contributed by atoms with Crippen LogP contribution in [0.25, 0.3) is 5.65 Å². The number of amides is 1. The number of nitrogens with one attached hydrogen (secondary N) is 2. The van der Waals surface area contributed by atoms with E-state index in [2.05, 4.69) is 25.7 Å². The summed E-state index contributed by atoms with van der Waals surface area (Å²) in [6, 6.07) is 7.41. The maximum absolute atomic E-state index is 12.1. The molecule has 0 aromatic carbocycles. The van der Waals surface area contributed by atoms with E-state index < -0.39 is 0 Å².